The molecule has 0 bridgehead atoms. The van der Waals surface area contributed by atoms with Crippen molar-refractivity contribution in [1.29, 1.82) is 0 Å². The van der Waals surface area contributed by atoms with Crippen LogP contribution in [0, 0.1) is 6.92 Å². The minimum Gasteiger partial charge on any atom is -0.478 e. The van der Waals surface area contributed by atoms with Crippen molar-refractivity contribution < 1.29 is 45.0 Å². The normalized spacial score (nSPS) is 16.1. The van der Waals surface area contributed by atoms with Gasteiger partial charge < -0.3 is 34.8 Å². The third kappa shape index (κ3) is 11.9. The number of nitrogens with zero attached hydrogens (tertiary/aromatic N) is 4. The molecule has 8 rings (SSSR count). The van der Waals surface area contributed by atoms with Crippen molar-refractivity contribution in [2.24, 2.45) is 7.05 Å². The predicted molar refractivity (Wildman–Crippen MR) is 280 cm³/mol. The average Bonchev–Trinajstić information content (AvgIpc) is 3.62. The van der Waals surface area contributed by atoms with Crippen LogP contribution >= 0.6 is 23.4 Å². The first-order valence-corrected chi connectivity index (χ1v) is 27.7. The number of alkyl halides is 3. The van der Waals surface area contributed by atoms with Gasteiger partial charge in [-0.25, -0.2) is 21.6 Å². The van der Waals surface area contributed by atoms with Gasteiger partial charge in [-0.15, -0.1) is 11.8 Å². The van der Waals surface area contributed by atoms with Gasteiger partial charge in [-0.3, -0.25) is 4.72 Å². The summed E-state index contributed by atoms with van der Waals surface area (Å²) < 4.78 is 101. The van der Waals surface area contributed by atoms with E-state index < -0.39 is 52.8 Å². The summed E-state index contributed by atoms with van der Waals surface area (Å²) >= 11 is 7.64. The van der Waals surface area contributed by atoms with Crippen LogP contribution in [0.5, 0.6) is 0 Å². The number of aromatic nitrogens is 1. The first-order chi connectivity index (χ1) is 34.1. The molecule has 1 unspecified atom stereocenters. The summed E-state index contributed by atoms with van der Waals surface area (Å²) in [6.07, 6.45) is 1.55. The van der Waals surface area contributed by atoms with Gasteiger partial charge in [-0.2, -0.15) is 13.2 Å². The molecule has 2 fully saturated rings. The zero-order valence-electron chi connectivity index (χ0n) is 39.9. The second-order valence-corrected chi connectivity index (χ2v) is 23.6. The third-order valence-electron chi connectivity index (χ3n) is 13.4. The number of benzene rings is 5. The zero-order chi connectivity index (χ0) is 51.6. The Labute approximate surface area is 427 Å². The van der Waals surface area contributed by atoms with Crippen molar-refractivity contribution in [2.45, 2.75) is 64.9 Å². The molecule has 0 amide bonds. The van der Waals surface area contributed by atoms with E-state index in [1.807, 2.05) is 78.3 Å². The number of sulfonamides is 1. The number of piperazine rings is 1. The van der Waals surface area contributed by atoms with Crippen LogP contribution in [-0.4, -0.2) is 111 Å². The van der Waals surface area contributed by atoms with Gasteiger partial charge in [-0.05, 0) is 123 Å². The molecule has 5 aromatic carbocycles. The number of nitrogens with one attached hydrogen (secondary N) is 2. The van der Waals surface area contributed by atoms with Crippen LogP contribution in [0.4, 0.5) is 35.9 Å². The van der Waals surface area contributed by atoms with E-state index in [2.05, 4.69) is 24.7 Å². The van der Waals surface area contributed by atoms with Crippen molar-refractivity contribution in [3.8, 4) is 22.4 Å². The van der Waals surface area contributed by atoms with E-state index >= 15 is 0 Å². The monoisotopic (exact) mass is 1060 g/mol. The molecule has 1 atom stereocenters. The number of carboxylic acid groups (broad SMARTS) is 1. The van der Waals surface area contributed by atoms with E-state index in [-0.39, 0.29) is 16.9 Å². The lowest BCUT2D eigenvalue weighted by molar-refractivity contribution is -0.0436. The zero-order valence-corrected chi connectivity index (χ0v) is 43.1. The summed E-state index contributed by atoms with van der Waals surface area (Å²) in [5.74, 6) is -0.666. The van der Waals surface area contributed by atoms with E-state index in [4.69, 9.17) is 11.6 Å². The summed E-state index contributed by atoms with van der Waals surface area (Å²) in [7, 11) is -8.78. The number of hydrogen-bond donors (Lipinski definition) is 4. The van der Waals surface area contributed by atoms with E-state index in [0.717, 1.165) is 45.2 Å². The van der Waals surface area contributed by atoms with Gasteiger partial charge in [0.2, 0.25) is 0 Å². The summed E-state index contributed by atoms with van der Waals surface area (Å²) in [6, 6.07) is 33.1. The van der Waals surface area contributed by atoms with Crippen LogP contribution in [0.1, 0.15) is 42.2 Å². The summed E-state index contributed by atoms with van der Waals surface area (Å²) in [5.41, 5.74) is -1.26. The number of halogens is 4. The number of carboxylic acids is 1. The third-order valence-corrected chi connectivity index (χ3v) is 17.8. The highest BCUT2D eigenvalue weighted by atomic mass is 35.5. The fourth-order valence-electron chi connectivity index (χ4n) is 9.19. The van der Waals surface area contributed by atoms with Crippen LogP contribution in [0.3, 0.4) is 0 Å². The van der Waals surface area contributed by atoms with Crippen molar-refractivity contribution in [2.75, 3.05) is 71.4 Å². The molecule has 382 valence electrons. The molecule has 3 heterocycles. The maximum atomic E-state index is 14.3. The predicted octanol–water partition coefficient (Wildman–Crippen LogP) is 10.2. The standard InChI is InChI=1S/C52H56ClF3N6O7S3/c1-35-47(50(63)64)48(49(59(35)3)36-12-14-38(53)15-13-36)37-8-7-9-42(32-37)62-30-28-61(29-31-62)41-18-16-39(17-19-41)58-72(68,69)44-20-21-45(46(33-44)71(66,67)52(54,55)56)57-40(34-70-43-10-5-4-6-11-43)22-25-60-26-23-51(2,65)24-27-60/h4-21,32-33,40,57-58,65H,22-31,34H2,1-3H3,(H,63,64). The molecule has 4 N–H and O–H groups in total. The molecule has 2 aliphatic heterocycles. The average molecular weight is 1070 g/mol. The highest BCUT2D eigenvalue weighted by Gasteiger charge is 2.48. The van der Waals surface area contributed by atoms with E-state index in [0.29, 0.717) is 93.2 Å². The van der Waals surface area contributed by atoms with Crippen LogP contribution < -0.4 is 19.8 Å². The fourth-order valence-corrected chi connectivity index (χ4v) is 12.4. The number of aromatic carboxylic acids is 1. The summed E-state index contributed by atoms with van der Waals surface area (Å²) in [4.78, 5) is 18.2. The highest BCUT2D eigenvalue weighted by molar-refractivity contribution is 7.99. The lowest BCUT2D eigenvalue weighted by Crippen LogP contribution is -2.46. The SMILES string of the molecule is Cc1c(C(=O)O)c(-c2cccc(N3CCN(c4ccc(NS(=O)(=O)c5ccc(NC(CCN6CCC(C)(O)CC6)CSc6ccccc6)c(S(=O)(=O)C(F)(F)F)c5)cc4)CC3)c2)c(-c2ccc(Cl)cc2)n1C. The molecule has 0 spiro atoms. The Morgan fingerprint density at radius 1 is 0.806 bits per heavy atom. The smallest absolute Gasteiger partial charge is 0.478 e. The van der Waals surface area contributed by atoms with E-state index in [9.17, 15) is 45.0 Å². The lowest BCUT2D eigenvalue weighted by atomic mass is 9.94. The van der Waals surface area contributed by atoms with Crippen LogP contribution in [0.15, 0.2) is 136 Å². The highest BCUT2D eigenvalue weighted by Crippen LogP contribution is 2.41. The van der Waals surface area contributed by atoms with Gasteiger partial charge in [0, 0.05) is 103 Å². The van der Waals surface area contributed by atoms with Crippen molar-refractivity contribution in [3.63, 3.8) is 0 Å². The quantitative estimate of drug-likeness (QED) is 0.0640. The Kier molecular flexibility index (Phi) is 15.6. The van der Waals surface area contributed by atoms with Gasteiger partial charge in [-0.1, -0.05) is 54.1 Å². The van der Waals surface area contributed by atoms with Crippen LogP contribution in [0.2, 0.25) is 5.02 Å². The number of aliphatic hydroxyl groups is 1. The Balaban J connectivity index is 0.960. The van der Waals surface area contributed by atoms with Gasteiger partial charge in [0.15, 0.2) is 0 Å². The molecular weight excluding hydrogens is 1010 g/mol. The number of anilines is 4. The molecule has 13 nitrogen and oxygen atoms in total. The Hall–Kier alpha value is -5.70. The summed E-state index contributed by atoms with van der Waals surface area (Å²) in [6.45, 7) is 7.78. The van der Waals surface area contributed by atoms with E-state index in [1.165, 1.54) is 23.9 Å². The Bertz CT molecular complexity index is 3120. The number of rotatable bonds is 17. The van der Waals surface area contributed by atoms with Gasteiger partial charge in [0.1, 0.15) is 4.90 Å². The minimum atomic E-state index is -6.03. The van der Waals surface area contributed by atoms with Gasteiger partial charge in [0.25, 0.3) is 19.9 Å². The Morgan fingerprint density at radius 3 is 2.07 bits per heavy atom. The first kappa shape index (κ1) is 52.6. The van der Waals surface area contributed by atoms with Crippen LogP contribution in [-0.2, 0) is 26.9 Å². The number of likely N-dealkylation sites (tertiary alicyclic amines) is 1. The van der Waals surface area contributed by atoms with Gasteiger partial charge >= 0.3 is 11.5 Å². The Morgan fingerprint density at radius 2 is 1.44 bits per heavy atom. The maximum absolute atomic E-state index is 14.3. The molecule has 1 aromatic heterocycles. The molecule has 2 aliphatic rings. The fraction of sp³-hybridized carbons (Fsp3) is 0.327. The number of carbonyl (C=O) groups is 1. The van der Waals surface area contributed by atoms with Crippen LogP contribution in [0.25, 0.3) is 22.4 Å². The minimum absolute atomic E-state index is 0.115. The second kappa shape index (κ2) is 21.4. The molecular formula is C52H56ClF3N6O7S3. The molecule has 0 radical (unpaired) electrons. The number of sulfone groups is 1. The number of piperidine rings is 1. The molecule has 2 saturated heterocycles. The molecule has 0 aliphatic carbocycles. The molecule has 20 heteroatoms. The molecule has 0 saturated carbocycles. The van der Waals surface area contributed by atoms with Crippen molar-refractivity contribution in [3.05, 3.63) is 138 Å². The van der Waals surface area contributed by atoms with E-state index in [1.54, 1.807) is 38.1 Å². The van der Waals surface area contributed by atoms with Crippen molar-refractivity contribution >= 4 is 71.9 Å². The van der Waals surface area contributed by atoms with Crippen molar-refractivity contribution in [1.82, 2.24) is 9.47 Å². The first-order valence-electron chi connectivity index (χ1n) is 23.4. The van der Waals surface area contributed by atoms with Gasteiger partial charge in [0.05, 0.1) is 27.4 Å². The largest absolute Gasteiger partial charge is 0.501 e. The molecule has 6 aromatic rings. The molecule has 72 heavy (non-hydrogen) atoms. The number of thioether (sulfide) groups is 1. The topological polar surface area (TPSA) is 165 Å². The number of hydrogen-bond acceptors (Lipinski definition) is 11. The lowest BCUT2D eigenvalue weighted by Gasteiger charge is -2.37. The maximum Gasteiger partial charge on any atom is 0.501 e. The second-order valence-electron chi connectivity index (χ2n) is 18.4. The summed E-state index contributed by atoms with van der Waals surface area (Å²) in [5, 5.41) is 24.4.